The summed E-state index contributed by atoms with van der Waals surface area (Å²) in [6.45, 7) is 13.9. The van der Waals surface area contributed by atoms with Gasteiger partial charge in [0, 0.05) is 152 Å². The number of rotatable bonds is 11. The van der Waals surface area contributed by atoms with Crippen molar-refractivity contribution in [3.8, 4) is 58.0 Å². The maximum absolute atomic E-state index is 13.6. The predicted molar refractivity (Wildman–Crippen MR) is 481 cm³/mol. The van der Waals surface area contributed by atoms with E-state index in [0.29, 0.717) is 148 Å². The number of carbonyl (C=O) groups is 3. The average Bonchev–Trinajstić information content (AvgIpc) is 1.74. The van der Waals surface area contributed by atoms with Gasteiger partial charge < -0.3 is 78.8 Å². The first kappa shape index (κ1) is 81.9. The number of likely N-dealkylation sites (N-methyl/N-ethyl adjacent to an activating group) is 3. The van der Waals surface area contributed by atoms with Gasteiger partial charge in [0.05, 0.1) is 62.5 Å². The van der Waals surface area contributed by atoms with Crippen LogP contribution in [0.4, 0.5) is 69.2 Å². The zero-order valence-electron chi connectivity index (χ0n) is 71.1. The van der Waals surface area contributed by atoms with Crippen molar-refractivity contribution in [3.63, 3.8) is 0 Å². The molecule has 652 valence electrons. The molecule has 0 unspecified atom stereocenters. The van der Waals surface area contributed by atoms with Crippen LogP contribution in [0.1, 0.15) is 38.5 Å². The molecular formula is C89H95N27O11. The van der Waals surface area contributed by atoms with E-state index in [2.05, 4.69) is 115 Å². The van der Waals surface area contributed by atoms with Gasteiger partial charge in [-0.3, -0.25) is 33.7 Å². The lowest BCUT2D eigenvalue weighted by molar-refractivity contribution is -0.122. The van der Waals surface area contributed by atoms with E-state index in [1.807, 2.05) is 85.0 Å². The zero-order valence-corrected chi connectivity index (χ0v) is 71.1. The van der Waals surface area contributed by atoms with Gasteiger partial charge in [-0.25, -0.2) is 58.0 Å². The normalized spacial score (nSPS) is 17.2. The lowest BCUT2D eigenvalue weighted by atomic mass is 10.2. The molecule has 18 heterocycles. The summed E-state index contributed by atoms with van der Waals surface area (Å²) < 4.78 is 38.1. The van der Waals surface area contributed by atoms with E-state index in [4.69, 9.17) is 43.6 Å². The highest BCUT2D eigenvalue weighted by Gasteiger charge is 2.34. The third kappa shape index (κ3) is 16.6. The number of anilines is 12. The molecular weight excluding hydrogens is 1620 g/mol. The number of benzene rings is 3. The number of hydrogen-bond acceptors (Lipinski definition) is 29. The molecule has 3 fully saturated rings. The van der Waals surface area contributed by atoms with Crippen molar-refractivity contribution in [2.75, 3.05) is 199 Å². The van der Waals surface area contributed by atoms with Crippen molar-refractivity contribution in [1.29, 1.82) is 0 Å². The van der Waals surface area contributed by atoms with E-state index < -0.39 is 0 Å². The maximum atomic E-state index is 13.6. The molecule has 12 aromatic rings. The van der Waals surface area contributed by atoms with E-state index in [0.717, 1.165) is 150 Å². The number of carbonyl (C=O) groups excluding carboxylic acids is 3. The van der Waals surface area contributed by atoms with E-state index in [1.54, 1.807) is 89.2 Å². The summed E-state index contributed by atoms with van der Waals surface area (Å²) in [4.78, 5) is 139. The molecule has 3 amide bonds. The minimum Gasteiger partial charge on any atom is -0.495 e. The Labute approximate surface area is 728 Å². The Balaban J connectivity index is 0.000000124. The van der Waals surface area contributed by atoms with E-state index in [-0.39, 0.29) is 60.8 Å². The fourth-order valence-electron chi connectivity index (χ4n) is 17.0. The largest absolute Gasteiger partial charge is 0.495 e. The Morgan fingerprint density at radius 3 is 1.44 bits per heavy atom. The van der Waals surface area contributed by atoms with Crippen LogP contribution >= 0.6 is 0 Å². The number of allylic oxidation sites excluding steroid dienone is 4. The zero-order chi connectivity index (χ0) is 86.9. The number of hydrogen-bond donors (Lipinski definition) is 3. The Hall–Kier alpha value is -14.7. The predicted octanol–water partition coefficient (Wildman–Crippen LogP) is 7.11. The second-order valence-electron chi connectivity index (χ2n) is 32.1. The minimum absolute atomic E-state index is 0.0371. The molecule has 0 aliphatic carbocycles. The van der Waals surface area contributed by atoms with Crippen molar-refractivity contribution in [1.82, 2.24) is 87.6 Å². The van der Waals surface area contributed by atoms with Crippen LogP contribution in [0.3, 0.4) is 0 Å². The second-order valence-corrected chi connectivity index (χ2v) is 32.1. The summed E-state index contributed by atoms with van der Waals surface area (Å²) >= 11 is 0. The third-order valence-corrected chi connectivity index (χ3v) is 23.9. The summed E-state index contributed by atoms with van der Waals surface area (Å²) in [7, 11) is 9.74. The number of nitrogens with zero attached hydrogens (tertiary/aromatic N) is 24. The third-order valence-electron chi connectivity index (χ3n) is 23.9. The van der Waals surface area contributed by atoms with Crippen LogP contribution < -0.4 is 85.7 Å². The van der Waals surface area contributed by atoms with Gasteiger partial charge in [0.1, 0.15) is 45.6 Å². The van der Waals surface area contributed by atoms with E-state index in [9.17, 15) is 28.8 Å². The van der Waals surface area contributed by atoms with Crippen LogP contribution in [0.2, 0.25) is 0 Å². The van der Waals surface area contributed by atoms with Gasteiger partial charge >= 0.3 is 0 Å². The highest BCUT2D eigenvalue weighted by Crippen LogP contribution is 2.40. The molecule has 38 heteroatoms. The number of methoxy groups -OCH3 is 2. The lowest BCUT2D eigenvalue weighted by Crippen LogP contribution is -2.44. The topological polar surface area (TPSA) is 359 Å². The molecule has 3 N–H and O–H groups in total. The first-order valence-electron chi connectivity index (χ1n) is 42.7. The minimum atomic E-state index is -0.283. The fraction of sp³-hybridized carbons (Fsp3) is 0.360. The Morgan fingerprint density at radius 1 is 0.394 bits per heavy atom. The van der Waals surface area contributed by atoms with E-state index >= 15 is 0 Å². The van der Waals surface area contributed by atoms with Gasteiger partial charge in [0.25, 0.3) is 34.4 Å². The standard InChI is InChI=1S/C30H31N9O4.C30H33N9O4.C29H31N9O3/c1-35-13-15-36(16-14-35)22-8-7-20(17-24(22)42-2)32-30-31-18-21-27(34-30)39-25-10-9-23-28(33-25)37(26(40)19-43-23)11-5-3-4-6-12-38(39)29(21)41;1-35-11-13-36(14-12-35)23-15-20(7-8-25(23)42-2)33-30-32-18-22-27(34-30)39-21-16-24-28(31-17-21)43-19-26(40)37(24)9-5-3-4-6-10-38(39)29(22)41;1-34-11-13-35(14-12-34)21-8-6-7-20(15-21)32-29-31-18-23-26(33-29)38-22-16-24-27(30-17-22)41-19-25(39)36(24)9-4-2-3-5-10-37(38)28(23)40/h7-10,17-18H,3,5,11-16,19H2,1-2H3,(H,31,32,34);4,6-8,15-18H,3,5,9-14,19H2,1-2H3,(H,32,33,34);3,5-8,15-18H,2,4,9-14,19H2,1H3,(H,31,32,33). The molecule has 0 spiro atoms. The number of fused-ring (bicyclic) bond motifs is 15. The summed E-state index contributed by atoms with van der Waals surface area (Å²) in [5.41, 5.74) is 8.50. The summed E-state index contributed by atoms with van der Waals surface area (Å²) in [5, 5.41) is 11.0. The Kier molecular flexibility index (Phi) is 22.9. The molecule has 9 aliphatic rings. The molecule has 3 aromatic carbocycles. The number of pyridine rings is 3. The van der Waals surface area contributed by atoms with Crippen LogP contribution in [0.25, 0.3) is 50.3 Å². The van der Waals surface area contributed by atoms with Crippen molar-refractivity contribution < 1.29 is 38.1 Å². The average molecular weight is 1720 g/mol. The van der Waals surface area contributed by atoms with Crippen LogP contribution in [0, 0.1) is 11.8 Å². The van der Waals surface area contributed by atoms with Crippen LogP contribution in [-0.4, -0.2) is 259 Å². The van der Waals surface area contributed by atoms with Gasteiger partial charge in [0.15, 0.2) is 54.1 Å². The highest BCUT2D eigenvalue weighted by molar-refractivity contribution is 5.99. The molecule has 6 bridgehead atoms. The Bertz CT molecular complexity index is 6590. The molecule has 9 aromatic heterocycles. The first-order valence-corrected chi connectivity index (χ1v) is 42.7. The number of amides is 3. The first-order chi connectivity index (χ1) is 62.0. The molecule has 0 saturated carbocycles. The van der Waals surface area contributed by atoms with Crippen molar-refractivity contribution >= 4 is 120 Å². The molecule has 0 atom stereocenters. The Morgan fingerprint density at radius 2 is 0.882 bits per heavy atom. The molecule has 38 nitrogen and oxygen atoms in total. The van der Waals surface area contributed by atoms with E-state index in [1.165, 1.54) is 10.9 Å². The monoisotopic (exact) mass is 1720 g/mol. The molecule has 3 saturated heterocycles. The van der Waals surface area contributed by atoms with Gasteiger partial charge in [-0.1, -0.05) is 36.3 Å². The van der Waals surface area contributed by atoms with Crippen molar-refractivity contribution in [3.05, 3.63) is 171 Å². The van der Waals surface area contributed by atoms with Crippen LogP contribution in [0.15, 0.2) is 155 Å². The quantitative estimate of drug-likeness (QED) is 0.0857. The fourth-order valence-corrected chi connectivity index (χ4v) is 17.0. The number of aromatic nitrogens is 15. The van der Waals surface area contributed by atoms with Crippen LogP contribution in [-0.2, 0) is 34.0 Å². The van der Waals surface area contributed by atoms with Gasteiger partial charge in [-0.2, -0.15) is 15.0 Å². The van der Waals surface area contributed by atoms with Gasteiger partial charge in [-0.15, -0.1) is 5.92 Å². The summed E-state index contributed by atoms with van der Waals surface area (Å²) in [6.07, 6.45) is 20.3. The number of piperazine rings is 3. The SMILES string of the molecule is CN1CCN(c2cccc(Nc3ncc4c(=O)n5n(c4n3)-c3cnc4c(c3)N(CCCC=CC5)C(=O)CO4)c2)CC1.COc1cc(Nc2ncc3c(=O)n4n(c3n2)-c2ccc3c(n2)N(CCCC#CC4)C(=O)CO3)ccc1N1CCN(C)CC1.COc1ccc(Nc2ncc3c(=O)n4n(c3n2)-c2cnc3c(c2)N(CCCC=CC4)C(=O)CO3)cc1N1CCN(C)CC1. The number of nitrogens with one attached hydrogen (secondary N) is 3. The molecule has 0 radical (unpaired) electrons. The second kappa shape index (κ2) is 35.5. The van der Waals surface area contributed by atoms with Gasteiger partial charge in [0.2, 0.25) is 29.6 Å². The van der Waals surface area contributed by atoms with Gasteiger partial charge in [-0.05, 0) is 126 Å². The molecule has 21 rings (SSSR count). The highest BCUT2D eigenvalue weighted by atomic mass is 16.5. The summed E-state index contributed by atoms with van der Waals surface area (Å²) in [6, 6.07) is 27.2. The van der Waals surface area contributed by atoms with Crippen LogP contribution in [0.5, 0.6) is 29.0 Å². The molecule has 127 heavy (non-hydrogen) atoms. The smallest absolute Gasteiger partial charge is 0.279 e. The summed E-state index contributed by atoms with van der Waals surface area (Å²) in [5.74, 6) is 10.5. The molecule has 9 aliphatic heterocycles. The van der Waals surface area contributed by atoms with Crippen molar-refractivity contribution in [2.24, 2.45) is 0 Å². The number of ether oxygens (including phenoxy) is 5. The maximum Gasteiger partial charge on any atom is 0.279 e. The lowest BCUT2D eigenvalue weighted by Gasteiger charge is -2.34. The van der Waals surface area contributed by atoms with Crippen molar-refractivity contribution in [2.45, 2.75) is 58.2 Å².